The fourth-order valence-corrected chi connectivity index (χ4v) is 7.33. The molecule has 0 aliphatic heterocycles. The van der Waals surface area contributed by atoms with E-state index in [2.05, 4.69) is 23.7 Å². The minimum atomic E-state index is -5.18. The van der Waals surface area contributed by atoms with Crippen LogP contribution in [0, 0.1) is 0 Å². The summed E-state index contributed by atoms with van der Waals surface area (Å²) < 4.78 is 15.5. The van der Waals surface area contributed by atoms with Crippen molar-refractivity contribution in [2.24, 2.45) is 0 Å². The first-order valence-electron chi connectivity index (χ1n) is 21.9. The van der Waals surface area contributed by atoms with Crippen molar-refractivity contribution in [2.45, 2.75) is 257 Å². The number of phosphoric ester groups is 1. The van der Waals surface area contributed by atoms with Crippen LogP contribution in [0.3, 0.4) is 0 Å². The largest absolute Gasteiger partial charge is 0.790 e. The Morgan fingerprint density at radius 1 is 0.519 bits per heavy atom. The molecule has 0 rings (SSSR count). The number of aliphatic hydroxyl groups excluding tert-OH is 1. The van der Waals surface area contributed by atoms with Crippen molar-refractivity contribution in [1.29, 1.82) is 0 Å². The molecule has 0 unspecified atom stereocenters. The van der Waals surface area contributed by atoms with Gasteiger partial charge >= 0.3 is 0 Å². The molecule has 2 atom stereocenters. The van der Waals surface area contributed by atoms with Crippen LogP contribution in [-0.2, 0) is 13.9 Å². The molecule has 0 saturated carbocycles. The van der Waals surface area contributed by atoms with E-state index in [0.717, 1.165) is 38.5 Å². The Morgan fingerprint density at radius 2 is 0.788 bits per heavy atom. The number of unbranched alkanes of at least 4 members (excludes halogenated alkanes) is 32. The summed E-state index contributed by atoms with van der Waals surface area (Å²) in [5.74, 6) is -0.229. The molecule has 0 aliphatic rings. The average molecular weight is 766 g/mol. The lowest BCUT2D eigenvalue weighted by molar-refractivity contribution is -0.342. The molecule has 0 aromatic rings. The van der Waals surface area contributed by atoms with Gasteiger partial charge in [-0.2, -0.15) is 0 Å². The molecule has 0 aliphatic carbocycles. The number of carbonyl (C=O) groups excluding carboxylic acids is 1. The van der Waals surface area contributed by atoms with Crippen LogP contribution in [0.2, 0.25) is 0 Å². The molecular formula is C42H92N3O6P. The second-order valence-electron chi connectivity index (χ2n) is 15.3. The molecule has 10 heteroatoms. The van der Waals surface area contributed by atoms with Gasteiger partial charge in [-0.25, -0.2) is 0 Å². The topological polar surface area (TPSA) is 195 Å². The molecular weight excluding hydrogens is 673 g/mol. The van der Waals surface area contributed by atoms with Crippen molar-refractivity contribution in [2.75, 3.05) is 6.61 Å². The van der Waals surface area contributed by atoms with Crippen molar-refractivity contribution < 1.29 is 28.8 Å². The van der Waals surface area contributed by atoms with Gasteiger partial charge in [0, 0.05) is 6.42 Å². The summed E-state index contributed by atoms with van der Waals surface area (Å²) >= 11 is 0. The number of hydrogen-bond donors (Lipinski definition) is 4. The minimum Gasteiger partial charge on any atom is -0.790 e. The lowest BCUT2D eigenvalue weighted by Crippen LogP contribution is -2.46. The lowest BCUT2D eigenvalue weighted by Gasteiger charge is -2.32. The zero-order valence-electron chi connectivity index (χ0n) is 35.3. The number of aliphatic hydroxyl groups is 1. The van der Waals surface area contributed by atoms with E-state index in [1.54, 1.807) is 0 Å². The molecule has 0 aromatic heterocycles. The zero-order chi connectivity index (χ0) is 36.8. The summed E-state index contributed by atoms with van der Waals surface area (Å²) in [5.41, 5.74) is 0. The first-order valence-corrected chi connectivity index (χ1v) is 23.4. The third kappa shape index (κ3) is 43.9. The Morgan fingerprint density at radius 3 is 1.08 bits per heavy atom. The van der Waals surface area contributed by atoms with Crippen molar-refractivity contribution >= 4 is 13.7 Å². The quantitative estimate of drug-likeness (QED) is 0.0353. The van der Waals surface area contributed by atoms with Gasteiger partial charge in [-0.05, 0) is 12.8 Å². The van der Waals surface area contributed by atoms with Gasteiger partial charge < -0.3 is 41.6 Å². The maximum absolute atomic E-state index is 12.6. The Labute approximate surface area is 323 Å². The van der Waals surface area contributed by atoms with E-state index in [1.807, 2.05) is 0 Å². The first-order chi connectivity index (χ1) is 24.3. The third-order valence-electron chi connectivity index (χ3n) is 10.3. The van der Waals surface area contributed by atoms with Crippen molar-refractivity contribution in [3.63, 3.8) is 0 Å². The fourth-order valence-electron chi connectivity index (χ4n) is 6.99. The number of amides is 1. The van der Waals surface area contributed by atoms with Crippen LogP contribution in [0.15, 0.2) is 0 Å². The molecule has 9 nitrogen and oxygen atoms in total. The summed E-state index contributed by atoms with van der Waals surface area (Å²) in [6.45, 7) is 4.01. The SMILES string of the molecule is CCCCCCCCCCCCCCCCCCCCCCCC(=O)N[C@@H](COP(=O)([O-])[O-])[C@H](O)CCCCCCCCCCCCCCC.[NH4+].[NH4+]. The second-order valence-corrected chi connectivity index (χ2v) is 16.5. The summed E-state index contributed by atoms with van der Waals surface area (Å²) in [5, 5.41) is 13.4. The zero-order valence-corrected chi connectivity index (χ0v) is 36.1. The summed E-state index contributed by atoms with van der Waals surface area (Å²) in [7, 11) is -5.18. The van der Waals surface area contributed by atoms with Crippen LogP contribution in [0.25, 0.3) is 0 Å². The van der Waals surface area contributed by atoms with Crippen LogP contribution < -0.4 is 27.4 Å². The van der Waals surface area contributed by atoms with Gasteiger partial charge in [-0.1, -0.05) is 226 Å². The maximum Gasteiger partial charge on any atom is 0.220 e. The molecule has 0 fully saturated rings. The van der Waals surface area contributed by atoms with E-state index >= 15 is 0 Å². The molecule has 316 valence electrons. The van der Waals surface area contributed by atoms with E-state index in [4.69, 9.17) is 0 Å². The highest BCUT2D eigenvalue weighted by atomic mass is 31.2. The fraction of sp³-hybridized carbons (Fsp3) is 0.976. The molecule has 0 radical (unpaired) electrons. The molecule has 0 bridgehead atoms. The number of quaternary nitrogens is 2. The van der Waals surface area contributed by atoms with Crippen molar-refractivity contribution in [3.05, 3.63) is 0 Å². The number of phosphoric acid groups is 1. The van der Waals surface area contributed by atoms with Gasteiger partial charge in [0.2, 0.25) is 5.91 Å². The number of rotatable bonds is 41. The molecule has 0 aromatic carbocycles. The Hall–Kier alpha value is -0.540. The third-order valence-corrected chi connectivity index (χ3v) is 10.8. The molecule has 10 N–H and O–H groups in total. The van der Waals surface area contributed by atoms with Crippen LogP contribution in [0.1, 0.15) is 245 Å². The summed E-state index contributed by atoms with van der Waals surface area (Å²) in [6.07, 6.45) is 43.3. The molecule has 1 amide bonds. The monoisotopic (exact) mass is 766 g/mol. The van der Waals surface area contributed by atoms with Crippen LogP contribution in [0.5, 0.6) is 0 Å². The minimum absolute atomic E-state index is 0. The number of carbonyl (C=O) groups is 1. The van der Waals surface area contributed by atoms with E-state index in [-0.39, 0.29) is 18.2 Å². The summed E-state index contributed by atoms with van der Waals surface area (Å²) in [4.78, 5) is 34.7. The second kappa shape index (κ2) is 43.2. The van der Waals surface area contributed by atoms with Gasteiger partial charge in [-0.3, -0.25) is 4.79 Å². The molecule has 52 heavy (non-hydrogen) atoms. The van der Waals surface area contributed by atoms with Crippen LogP contribution >= 0.6 is 7.82 Å². The summed E-state index contributed by atoms with van der Waals surface area (Å²) in [6, 6.07) is -0.897. The highest BCUT2D eigenvalue weighted by Gasteiger charge is 2.22. The Bertz CT molecular complexity index is 757. The van der Waals surface area contributed by atoms with Crippen molar-refractivity contribution in [1.82, 2.24) is 17.6 Å². The maximum atomic E-state index is 12.6. The first kappa shape index (κ1) is 55.8. The molecule has 0 heterocycles. The average Bonchev–Trinajstić information content (AvgIpc) is 3.08. The predicted molar refractivity (Wildman–Crippen MR) is 221 cm³/mol. The van der Waals surface area contributed by atoms with Gasteiger partial charge in [-0.15, -0.1) is 0 Å². The van der Waals surface area contributed by atoms with Gasteiger partial charge in [0.25, 0.3) is 0 Å². The predicted octanol–water partition coefficient (Wildman–Crippen LogP) is 12.5. The molecule has 0 saturated heterocycles. The smallest absolute Gasteiger partial charge is 0.220 e. The number of nitrogens with one attached hydrogen (secondary N) is 1. The highest BCUT2D eigenvalue weighted by Crippen LogP contribution is 2.25. The van der Waals surface area contributed by atoms with E-state index in [9.17, 15) is 24.3 Å². The normalized spacial score (nSPS) is 12.6. The van der Waals surface area contributed by atoms with Crippen LogP contribution in [-0.4, -0.2) is 29.8 Å². The highest BCUT2D eigenvalue weighted by molar-refractivity contribution is 7.43. The molecule has 0 spiro atoms. The van der Waals surface area contributed by atoms with E-state index < -0.39 is 26.6 Å². The Kier molecular flexibility index (Phi) is 46.3. The number of hydrogen-bond acceptors (Lipinski definition) is 6. The van der Waals surface area contributed by atoms with Crippen LogP contribution in [0.4, 0.5) is 0 Å². The standard InChI is InChI=1S/C42H86NO6P.2H3N/c1-3-5-7-9-11-13-15-17-18-19-20-21-22-23-24-26-28-30-32-34-36-38-42(45)43-40(39-49-50(46,47)48)41(44)37-35-33-31-29-27-25-16-14-12-10-8-6-4-2;;/h40-41,44H,3-39H2,1-2H3,(H,43,45)(H2,46,47,48);2*1H3/t40-,41+;;/m0../s1. The van der Waals surface area contributed by atoms with Gasteiger partial charge in [0.1, 0.15) is 0 Å². The van der Waals surface area contributed by atoms with Gasteiger partial charge in [0.05, 0.1) is 26.6 Å². The van der Waals surface area contributed by atoms with Gasteiger partial charge in [0.15, 0.2) is 0 Å². The van der Waals surface area contributed by atoms with E-state index in [0.29, 0.717) is 12.8 Å². The Balaban J connectivity index is -0.0000120. The van der Waals surface area contributed by atoms with E-state index in [1.165, 1.54) is 180 Å². The lowest BCUT2D eigenvalue weighted by atomic mass is 10.0. The van der Waals surface area contributed by atoms with Crippen molar-refractivity contribution in [3.8, 4) is 0 Å².